The van der Waals surface area contributed by atoms with Gasteiger partial charge in [-0.2, -0.15) is 0 Å². The highest BCUT2D eigenvalue weighted by atomic mass is 19.1. The summed E-state index contributed by atoms with van der Waals surface area (Å²) < 4.78 is 18.4. The first-order valence-electron chi connectivity index (χ1n) is 4.64. The minimum Gasteiger partial charge on any atom is -0.496 e. The SMILES string of the molecule is COc1ccc(F)c(C)c1C1(O)CC1. The van der Waals surface area contributed by atoms with Crippen LogP contribution in [-0.4, -0.2) is 12.2 Å². The molecule has 1 fully saturated rings. The number of benzene rings is 1. The van der Waals surface area contributed by atoms with Gasteiger partial charge in [-0.3, -0.25) is 0 Å². The Kier molecular flexibility index (Phi) is 2.00. The van der Waals surface area contributed by atoms with Crippen LogP contribution in [0.2, 0.25) is 0 Å². The molecule has 0 unspecified atom stereocenters. The number of halogens is 1. The van der Waals surface area contributed by atoms with Gasteiger partial charge in [0.15, 0.2) is 0 Å². The van der Waals surface area contributed by atoms with E-state index in [2.05, 4.69) is 0 Å². The van der Waals surface area contributed by atoms with Gasteiger partial charge in [-0.05, 0) is 37.5 Å². The highest BCUT2D eigenvalue weighted by Gasteiger charge is 2.45. The van der Waals surface area contributed by atoms with Crippen molar-refractivity contribution in [3.05, 3.63) is 29.1 Å². The molecule has 0 aliphatic heterocycles. The molecule has 0 atom stereocenters. The van der Waals surface area contributed by atoms with Gasteiger partial charge in [0.2, 0.25) is 0 Å². The van der Waals surface area contributed by atoms with E-state index in [-0.39, 0.29) is 5.82 Å². The van der Waals surface area contributed by atoms with E-state index in [9.17, 15) is 9.50 Å². The van der Waals surface area contributed by atoms with Crippen molar-refractivity contribution in [1.82, 2.24) is 0 Å². The molecule has 0 aromatic heterocycles. The Morgan fingerprint density at radius 3 is 2.57 bits per heavy atom. The van der Waals surface area contributed by atoms with Crippen LogP contribution < -0.4 is 4.74 Å². The van der Waals surface area contributed by atoms with Gasteiger partial charge in [-0.25, -0.2) is 4.39 Å². The number of rotatable bonds is 2. The molecule has 2 rings (SSSR count). The van der Waals surface area contributed by atoms with Gasteiger partial charge in [0.1, 0.15) is 11.6 Å². The van der Waals surface area contributed by atoms with Crippen LogP contribution in [0.25, 0.3) is 0 Å². The largest absolute Gasteiger partial charge is 0.496 e. The van der Waals surface area contributed by atoms with E-state index < -0.39 is 5.60 Å². The van der Waals surface area contributed by atoms with Gasteiger partial charge >= 0.3 is 0 Å². The fourth-order valence-electron chi connectivity index (χ4n) is 1.78. The summed E-state index contributed by atoms with van der Waals surface area (Å²) in [6, 6.07) is 2.93. The van der Waals surface area contributed by atoms with Crippen molar-refractivity contribution < 1.29 is 14.2 Å². The normalized spacial score (nSPS) is 18.0. The fourth-order valence-corrected chi connectivity index (χ4v) is 1.78. The Hall–Kier alpha value is -1.09. The molecular weight excluding hydrogens is 183 g/mol. The third kappa shape index (κ3) is 1.28. The van der Waals surface area contributed by atoms with Crippen LogP contribution in [0.1, 0.15) is 24.0 Å². The molecule has 0 heterocycles. The third-order valence-electron chi connectivity index (χ3n) is 2.77. The average Bonchev–Trinajstić information content (AvgIpc) is 2.89. The van der Waals surface area contributed by atoms with Crippen LogP contribution in [-0.2, 0) is 5.60 Å². The highest BCUT2D eigenvalue weighted by Crippen LogP contribution is 2.50. The highest BCUT2D eigenvalue weighted by molar-refractivity contribution is 5.46. The molecule has 1 N–H and O–H groups in total. The predicted octanol–water partition coefficient (Wildman–Crippen LogP) is 2.12. The quantitative estimate of drug-likeness (QED) is 0.785. The molecule has 0 bridgehead atoms. The maximum Gasteiger partial charge on any atom is 0.126 e. The maximum atomic E-state index is 13.3. The van der Waals surface area contributed by atoms with Gasteiger partial charge in [0.05, 0.1) is 12.7 Å². The third-order valence-corrected chi connectivity index (χ3v) is 2.77. The lowest BCUT2D eigenvalue weighted by molar-refractivity contribution is 0.146. The van der Waals surface area contributed by atoms with E-state index in [4.69, 9.17) is 4.74 Å². The van der Waals surface area contributed by atoms with E-state index in [1.807, 2.05) is 0 Å². The second-order valence-electron chi connectivity index (χ2n) is 3.78. The van der Waals surface area contributed by atoms with Crippen LogP contribution >= 0.6 is 0 Å². The molecular formula is C11H13FO2. The monoisotopic (exact) mass is 196 g/mol. The summed E-state index contributed by atoms with van der Waals surface area (Å²) in [4.78, 5) is 0. The lowest BCUT2D eigenvalue weighted by Crippen LogP contribution is -2.10. The number of hydrogen-bond acceptors (Lipinski definition) is 2. The van der Waals surface area contributed by atoms with Crippen molar-refractivity contribution in [2.75, 3.05) is 7.11 Å². The summed E-state index contributed by atoms with van der Waals surface area (Å²) in [6.45, 7) is 1.67. The molecule has 0 radical (unpaired) electrons. The van der Waals surface area contributed by atoms with Crippen LogP contribution in [0.4, 0.5) is 4.39 Å². The lowest BCUT2D eigenvalue weighted by Gasteiger charge is -2.16. The molecule has 0 saturated heterocycles. The van der Waals surface area contributed by atoms with Crippen LogP contribution in [0, 0.1) is 12.7 Å². The van der Waals surface area contributed by atoms with Crippen molar-refractivity contribution in [2.24, 2.45) is 0 Å². The number of hydrogen-bond donors (Lipinski definition) is 1. The first-order valence-corrected chi connectivity index (χ1v) is 4.64. The smallest absolute Gasteiger partial charge is 0.126 e. The Morgan fingerprint density at radius 1 is 1.43 bits per heavy atom. The maximum absolute atomic E-state index is 13.3. The molecule has 3 heteroatoms. The van der Waals surface area contributed by atoms with Gasteiger partial charge in [-0.1, -0.05) is 0 Å². The summed E-state index contributed by atoms with van der Waals surface area (Å²) in [7, 11) is 1.53. The summed E-state index contributed by atoms with van der Waals surface area (Å²) >= 11 is 0. The van der Waals surface area contributed by atoms with Crippen molar-refractivity contribution in [3.63, 3.8) is 0 Å². The molecule has 1 aliphatic rings. The van der Waals surface area contributed by atoms with Gasteiger partial charge in [-0.15, -0.1) is 0 Å². The van der Waals surface area contributed by atoms with E-state index in [0.717, 1.165) is 0 Å². The standard InChI is InChI=1S/C11H13FO2/c1-7-8(12)3-4-9(14-2)10(7)11(13)5-6-11/h3-4,13H,5-6H2,1-2H3. The van der Waals surface area contributed by atoms with Crippen molar-refractivity contribution in [1.29, 1.82) is 0 Å². The molecule has 1 saturated carbocycles. The minimum absolute atomic E-state index is 0.291. The molecule has 0 spiro atoms. The second-order valence-corrected chi connectivity index (χ2v) is 3.78. The Bertz CT molecular complexity index is 370. The van der Waals surface area contributed by atoms with Crippen LogP contribution in [0.5, 0.6) is 5.75 Å². The predicted molar refractivity (Wildman–Crippen MR) is 50.8 cm³/mol. The van der Waals surface area contributed by atoms with E-state index in [1.54, 1.807) is 13.0 Å². The molecule has 1 aromatic carbocycles. The molecule has 14 heavy (non-hydrogen) atoms. The van der Waals surface area contributed by atoms with Crippen molar-refractivity contribution in [2.45, 2.75) is 25.4 Å². The number of aliphatic hydroxyl groups is 1. The fraction of sp³-hybridized carbons (Fsp3) is 0.455. The lowest BCUT2D eigenvalue weighted by atomic mass is 10.00. The zero-order chi connectivity index (χ0) is 10.3. The number of methoxy groups -OCH3 is 1. The molecule has 1 aromatic rings. The first-order chi connectivity index (χ1) is 6.58. The van der Waals surface area contributed by atoms with Crippen LogP contribution in [0.3, 0.4) is 0 Å². The second kappa shape index (κ2) is 2.95. The van der Waals surface area contributed by atoms with Gasteiger partial charge in [0.25, 0.3) is 0 Å². The molecule has 76 valence electrons. The average molecular weight is 196 g/mol. The minimum atomic E-state index is -0.850. The Labute approximate surface area is 82.3 Å². The van der Waals surface area contributed by atoms with Crippen LogP contribution in [0.15, 0.2) is 12.1 Å². The van der Waals surface area contributed by atoms with Crippen molar-refractivity contribution >= 4 is 0 Å². The summed E-state index contributed by atoms with van der Waals surface area (Å²) in [5.74, 6) is 0.282. The Balaban J connectivity index is 2.59. The zero-order valence-electron chi connectivity index (χ0n) is 8.30. The molecule has 2 nitrogen and oxygen atoms in total. The van der Waals surface area contributed by atoms with E-state index in [1.165, 1.54) is 13.2 Å². The summed E-state index contributed by atoms with van der Waals surface area (Å²) in [5.41, 5.74) is 0.252. The summed E-state index contributed by atoms with van der Waals surface area (Å²) in [5, 5.41) is 9.97. The summed E-state index contributed by atoms with van der Waals surface area (Å²) in [6.07, 6.45) is 1.38. The number of ether oxygens (including phenoxy) is 1. The van der Waals surface area contributed by atoms with E-state index >= 15 is 0 Å². The van der Waals surface area contributed by atoms with Gasteiger partial charge < -0.3 is 9.84 Å². The zero-order valence-corrected chi connectivity index (χ0v) is 8.30. The van der Waals surface area contributed by atoms with Gasteiger partial charge in [0, 0.05) is 5.56 Å². The molecule has 0 amide bonds. The topological polar surface area (TPSA) is 29.5 Å². The first kappa shape index (κ1) is 9.46. The Morgan fingerprint density at radius 2 is 2.07 bits per heavy atom. The van der Waals surface area contributed by atoms with E-state index in [0.29, 0.717) is 29.7 Å². The molecule has 1 aliphatic carbocycles. The van der Waals surface area contributed by atoms with Crippen molar-refractivity contribution in [3.8, 4) is 5.75 Å².